The monoisotopic (exact) mass is 141 g/mol. The third kappa shape index (κ3) is 2.70. The fraction of sp³-hybridized carbons (Fsp3) is 1.00. The number of hydrogen-bond donors (Lipinski definition) is 0. The molecule has 1 aliphatic heterocycles. The van der Waals surface area contributed by atoms with Crippen LogP contribution in [0.1, 0.15) is 33.1 Å². The Morgan fingerprint density at radius 2 is 2.10 bits per heavy atom. The molecule has 0 aromatic carbocycles. The molecule has 1 aliphatic rings. The highest BCUT2D eigenvalue weighted by molar-refractivity contribution is 4.85. The zero-order chi connectivity index (χ0) is 7.56. The van der Waals surface area contributed by atoms with Crippen molar-refractivity contribution in [3.8, 4) is 0 Å². The van der Waals surface area contributed by atoms with Crippen LogP contribution in [-0.2, 0) is 0 Å². The van der Waals surface area contributed by atoms with Gasteiger partial charge < -0.3 is 4.90 Å². The van der Waals surface area contributed by atoms with Crippen LogP contribution >= 0.6 is 0 Å². The summed E-state index contributed by atoms with van der Waals surface area (Å²) in [4.78, 5) is 2.42. The van der Waals surface area contributed by atoms with Crippen LogP contribution in [0.2, 0.25) is 0 Å². The number of nitrogens with zero attached hydrogens (tertiary/aromatic N) is 1. The largest absolute Gasteiger partial charge is 0.301 e. The molecular formula is C9H19N. The summed E-state index contributed by atoms with van der Waals surface area (Å²) in [6.45, 7) is 5.95. The summed E-state index contributed by atoms with van der Waals surface area (Å²) in [5.74, 6) is 0.893. The van der Waals surface area contributed by atoms with E-state index in [9.17, 15) is 0 Å². The molecule has 0 aromatic heterocycles. The van der Waals surface area contributed by atoms with Crippen LogP contribution in [0.15, 0.2) is 0 Å². The minimum atomic E-state index is 0.893. The molecule has 0 N–H and O–H groups in total. The van der Waals surface area contributed by atoms with E-state index in [1.807, 2.05) is 0 Å². The topological polar surface area (TPSA) is 3.01 Å². The van der Waals surface area contributed by atoms with Crippen LogP contribution in [0, 0.1) is 5.92 Å². The first-order valence-corrected chi connectivity index (χ1v) is 4.40. The molecule has 1 nitrogen and oxygen atoms in total. The highest BCUT2D eigenvalue weighted by Crippen LogP contribution is 2.20. The first-order chi connectivity index (χ1) is 4.70. The molecule has 0 radical (unpaired) electrons. The van der Waals surface area contributed by atoms with Crippen molar-refractivity contribution in [1.29, 1.82) is 0 Å². The fourth-order valence-electron chi connectivity index (χ4n) is 1.36. The first kappa shape index (κ1) is 8.06. The van der Waals surface area contributed by atoms with Gasteiger partial charge in [0.2, 0.25) is 0 Å². The fourth-order valence-corrected chi connectivity index (χ4v) is 1.36. The van der Waals surface area contributed by atoms with Gasteiger partial charge in [0.25, 0.3) is 0 Å². The second kappa shape index (κ2) is 3.38. The van der Waals surface area contributed by atoms with Crippen molar-refractivity contribution in [3.05, 3.63) is 0 Å². The Hall–Kier alpha value is -0.0400. The molecule has 1 rings (SSSR count). The molecule has 1 unspecified atom stereocenters. The van der Waals surface area contributed by atoms with Crippen molar-refractivity contribution in [2.24, 2.45) is 5.92 Å². The molecule has 0 amide bonds. The Bertz CT molecular complexity index is 98.9. The van der Waals surface area contributed by atoms with E-state index in [2.05, 4.69) is 25.8 Å². The molecule has 0 aliphatic carbocycles. The summed E-state index contributed by atoms with van der Waals surface area (Å²) in [6.07, 6.45) is 4.26. The second-order valence-corrected chi connectivity index (χ2v) is 3.92. The van der Waals surface area contributed by atoms with E-state index in [0.717, 1.165) is 12.0 Å². The lowest BCUT2D eigenvalue weighted by Crippen LogP contribution is -1.95. The number of hydrogen-bond acceptors (Lipinski definition) is 1. The van der Waals surface area contributed by atoms with Gasteiger partial charge in [-0.1, -0.05) is 26.7 Å². The minimum absolute atomic E-state index is 0.893. The summed E-state index contributed by atoms with van der Waals surface area (Å²) < 4.78 is 0. The highest BCUT2D eigenvalue weighted by Gasteiger charge is 2.28. The molecule has 0 spiro atoms. The van der Waals surface area contributed by atoms with E-state index in [0.29, 0.717) is 0 Å². The summed E-state index contributed by atoms with van der Waals surface area (Å²) in [6, 6.07) is 0.943. The average Bonchev–Trinajstić information content (AvgIpc) is 2.46. The van der Waals surface area contributed by atoms with Gasteiger partial charge >= 0.3 is 0 Å². The molecule has 10 heavy (non-hydrogen) atoms. The lowest BCUT2D eigenvalue weighted by molar-refractivity contribution is 0.504. The second-order valence-electron chi connectivity index (χ2n) is 3.92. The third-order valence-electron chi connectivity index (χ3n) is 2.31. The predicted molar refractivity (Wildman–Crippen MR) is 45.1 cm³/mol. The van der Waals surface area contributed by atoms with Gasteiger partial charge in [-0.25, -0.2) is 0 Å². The molecule has 0 bridgehead atoms. The van der Waals surface area contributed by atoms with Crippen molar-refractivity contribution in [2.45, 2.75) is 39.2 Å². The third-order valence-corrected chi connectivity index (χ3v) is 2.31. The number of likely N-dealkylation sites (N-methyl/N-ethyl adjacent to an activating group) is 1. The average molecular weight is 141 g/mol. The molecule has 1 saturated heterocycles. The van der Waals surface area contributed by atoms with Gasteiger partial charge in [0, 0.05) is 12.6 Å². The lowest BCUT2D eigenvalue weighted by atomic mass is 10.1. The maximum absolute atomic E-state index is 2.42. The predicted octanol–water partition coefficient (Wildman–Crippen LogP) is 2.13. The zero-order valence-corrected chi connectivity index (χ0v) is 7.43. The SMILES string of the molecule is CC(C)CCC[C@H]1CN1C. The normalized spacial score (nSPS) is 31.2. The summed E-state index contributed by atoms with van der Waals surface area (Å²) in [7, 11) is 2.21. The van der Waals surface area contributed by atoms with Crippen LogP contribution in [0.5, 0.6) is 0 Å². The van der Waals surface area contributed by atoms with Crippen molar-refractivity contribution >= 4 is 0 Å². The molecule has 60 valence electrons. The lowest BCUT2D eigenvalue weighted by Gasteiger charge is -2.02. The van der Waals surface area contributed by atoms with E-state index >= 15 is 0 Å². The van der Waals surface area contributed by atoms with Gasteiger partial charge in [-0.2, -0.15) is 0 Å². The van der Waals surface area contributed by atoms with Crippen molar-refractivity contribution in [3.63, 3.8) is 0 Å². The van der Waals surface area contributed by atoms with Crippen molar-refractivity contribution in [2.75, 3.05) is 13.6 Å². The summed E-state index contributed by atoms with van der Waals surface area (Å²) in [5, 5.41) is 0. The minimum Gasteiger partial charge on any atom is -0.301 e. The molecular weight excluding hydrogens is 122 g/mol. The van der Waals surface area contributed by atoms with Crippen molar-refractivity contribution in [1.82, 2.24) is 4.90 Å². The molecule has 1 fully saturated rings. The van der Waals surface area contributed by atoms with Gasteiger partial charge in [0.1, 0.15) is 0 Å². The Morgan fingerprint density at radius 1 is 1.50 bits per heavy atom. The number of rotatable bonds is 4. The Labute approximate surface area is 64.4 Å². The van der Waals surface area contributed by atoms with E-state index in [4.69, 9.17) is 0 Å². The van der Waals surface area contributed by atoms with Crippen LogP contribution in [0.25, 0.3) is 0 Å². The van der Waals surface area contributed by atoms with Gasteiger partial charge in [-0.3, -0.25) is 0 Å². The smallest absolute Gasteiger partial charge is 0.0220 e. The maximum Gasteiger partial charge on any atom is 0.0220 e. The van der Waals surface area contributed by atoms with Crippen LogP contribution in [-0.4, -0.2) is 24.5 Å². The summed E-state index contributed by atoms with van der Waals surface area (Å²) >= 11 is 0. The molecule has 2 atom stereocenters. The zero-order valence-electron chi connectivity index (χ0n) is 7.43. The van der Waals surface area contributed by atoms with E-state index in [-0.39, 0.29) is 0 Å². The Kier molecular flexibility index (Phi) is 2.72. The van der Waals surface area contributed by atoms with Gasteiger partial charge in [-0.05, 0) is 19.4 Å². The Balaban J connectivity index is 1.87. The van der Waals surface area contributed by atoms with Crippen LogP contribution in [0.3, 0.4) is 0 Å². The van der Waals surface area contributed by atoms with Crippen LogP contribution in [0.4, 0.5) is 0 Å². The molecule has 1 heteroatoms. The van der Waals surface area contributed by atoms with Crippen molar-refractivity contribution < 1.29 is 0 Å². The first-order valence-electron chi connectivity index (χ1n) is 4.40. The van der Waals surface area contributed by atoms with E-state index in [1.165, 1.54) is 25.8 Å². The van der Waals surface area contributed by atoms with Gasteiger partial charge in [-0.15, -0.1) is 0 Å². The summed E-state index contributed by atoms with van der Waals surface area (Å²) in [5.41, 5.74) is 0. The molecule has 0 aromatic rings. The van der Waals surface area contributed by atoms with E-state index < -0.39 is 0 Å². The van der Waals surface area contributed by atoms with Gasteiger partial charge in [0.05, 0.1) is 0 Å². The van der Waals surface area contributed by atoms with Gasteiger partial charge in [0.15, 0.2) is 0 Å². The maximum atomic E-state index is 2.42. The standard InChI is InChI=1S/C9H19N/c1-8(2)5-4-6-9-7-10(9)3/h8-9H,4-7H2,1-3H3/t9-,10?/m0/s1. The molecule has 1 heterocycles. The Morgan fingerprint density at radius 3 is 2.50 bits per heavy atom. The van der Waals surface area contributed by atoms with E-state index in [1.54, 1.807) is 0 Å². The van der Waals surface area contributed by atoms with Crippen LogP contribution < -0.4 is 0 Å². The highest BCUT2D eigenvalue weighted by atomic mass is 15.3. The molecule has 0 saturated carbocycles. The quantitative estimate of drug-likeness (QED) is 0.542.